The smallest absolute Gasteiger partial charge is 0.352 e. The van der Waals surface area contributed by atoms with Gasteiger partial charge in [0.15, 0.2) is 0 Å². The monoisotopic (exact) mass is 594 g/mol. The average Bonchev–Trinajstić information content (AvgIpc) is 3.39. The number of alkyl halides is 3. The van der Waals surface area contributed by atoms with Gasteiger partial charge in [-0.3, -0.25) is 19.8 Å². The summed E-state index contributed by atoms with van der Waals surface area (Å²) in [4.78, 5) is 22.2. The van der Waals surface area contributed by atoms with Gasteiger partial charge in [0.1, 0.15) is 0 Å². The van der Waals surface area contributed by atoms with E-state index in [-0.39, 0.29) is 17.7 Å². The maximum Gasteiger partial charge on any atom is 0.416 e. The highest BCUT2D eigenvalue weighted by Crippen LogP contribution is 2.33. The molecule has 7 nitrogen and oxygen atoms in total. The van der Waals surface area contributed by atoms with Crippen molar-refractivity contribution >= 4 is 40.7 Å². The van der Waals surface area contributed by atoms with Gasteiger partial charge in [-0.2, -0.15) is 18.3 Å². The number of carbonyl (C=O) groups excluding carboxylic acids is 1. The third-order valence-electron chi connectivity index (χ3n) is 7.21. The minimum atomic E-state index is -4.53. The molecule has 0 atom stereocenters. The summed E-state index contributed by atoms with van der Waals surface area (Å²) in [6.45, 7) is 3.66. The number of H-pyrrole nitrogens is 1. The zero-order valence-electron chi connectivity index (χ0n) is 23.3. The number of nitrogens with one attached hydrogen (secondary N) is 2. The number of thioether (sulfide) groups is 1. The van der Waals surface area contributed by atoms with Crippen molar-refractivity contribution in [2.24, 2.45) is 0 Å². The number of pyridine rings is 1. The van der Waals surface area contributed by atoms with E-state index in [0.717, 1.165) is 65.2 Å². The van der Waals surface area contributed by atoms with Gasteiger partial charge in [0.25, 0.3) is 5.91 Å². The largest absolute Gasteiger partial charge is 0.416 e. The van der Waals surface area contributed by atoms with Crippen molar-refractivity contribution in [3.63, 3.8) is 0 Å². The number of benzene rings is 2. The molecule has 4 aromatic rings. The van der Waals surface area contributed by atoms with E-state index in [0.29, 0.717) is 13.0 Å². The van der Waals surface area contributed by atoms with Gasteiger partial charge < -0.3 is 10.2 Å². The van der Waals surface area contributed by atoms with Crippen LogP contribution in [-0.4, -0.2) is 76.4 Å². The van der Waals surface area contributed by atoms with E-state index in [2.05, 4.69) is 25.4 Å². The molecule has 2 aromatic heterocycles. The van der Waals surface area contributed by atoms with Gasteiger partial charge >= 0.3 is 6.18 Å². The van der Waals surface area contributed by atoms with E-state index >= 15 is 0 Å². The minimum absolute atomic E-state index is 0.0229. The van der Waals surface area contributed by atoms with Crippen LogP contribution in [0.1, 0.15) is 39.3 Å². The van der Waals surface area contributed by atoms with Crippen LogP contribution in [0.2, 0.25) is 0 Å². The van der Waals surface area contributed by atoms with Crippen LogP contribution in [0.5, 0.6) is 0 Å². The van der Waals surface area contributed by atoms with Gasteiger partial charge in [-0.25, -0.2) is 0 Å². The summed E-state index contributed by atoms with van der Waals surface area (Å²) in [6.07, 6.45) is 1.73. The third-order valence-corrected chi connectivity index (χ3v) is 8.29. The van der Waals surface area contributed by atoms with Crippen molar-refractivity contribution in [1.29, 1.82) is 0 Å². The number of likely N-dealkylation sites (N-methyl/N-ethyl adjacent to an activating group) is 1. The third kappa shape index (κ3) is 7.78. The van der Waals surface area contributed by atoms with Gasteiger partial charge in [0.2, 0.25) is 0 Å². The van der Waals surface area contributed by atoms with E-state index < -0.39 is 17.6 Å². The van der Waals surface area contributed by atoms with Crippen molar-refractivity contribution in [3.05, 3.63) is 88.9 Å². The Balaban J connectivity index is 1.11. The fraction of sp³-hybridized carbons (Fsp3) is 0.323. The Morgan fingerprint density at radius 2 is 1.90 bits per heavy atom. The zero-order chi connectivity index (χ0) is 29.5. The second kappa shape index (κ2) is 13.5. The topological polar surface area (TPSA) is 77.2 Å². The summed E-state index contributed by atoms with van der Waals surface area (Å²) in [5, 5.41) is 11.2. The van der Waals surface area contributed by atoms with Gasteiger partial charge in [0.05, 0.1) is 22.5 Å². The summed E-state index contributed by atoms with van der Waals surface area (Å²) >= 11 is 1.64. The van der Waals surface area contributed by atoms with Crippen LogP contribution in [-0.2, 0) is 12.7 Å². The number of piperazine rings is 1. The van der Waals surface area contributed by atoms with Crippen molar-refractivity contribution in [2.45, 2.75) is 24.0 Å². The molecule has 42 heavy (non-hydrogen) atoms. The number of carbonyl (C=O) groups is 1. The molecule has 0 saturated carbocycles. The van der Waals surface area contributed by atoms with Crippen molar-refractivity contribution in [1.82, 2.24) is 30.3 Å². The summed E-state index contributed by atoms with van der Waals surface area (Å²) in [5.41, 5.74) is 2.09. The zero-order valence-corrected chi connectivity index (χ0v) is 24.1. The Kier molecular flexibility index (Phi) is 9.61. The lowest BCUT2D eigenvalue weighted by Gasteiger charge is -2.33. The fourth-order valence-corrected chi connectivity index (χ4v) is 5.70. The lowest BCUT2D eigenvalue weighted by molar-refractivity contribution is -0.138. The normalized spacial score (nSPS) is 15.0. The SMILES string of the molecule is CN1CCN(Cc2ccc(C(=O)NCCCSc3ccc4c(C=Cc5ccccn5)n[nH]c4c3)cc2C(F)(F)F)CC1. The molecule has 0 aliphatic carbocycles. The molecule has 0 unspecified atom stereocenters. The van der Waals surface area contributed by atoms with E-state index in [1.165, 1.54) is 12.1 Å². The summed E-state index contributed by atoms with van der Waals surface area (Å²) in [5.74, 6) is 0.242. The maximum absolute atomic E-state index is 13.9. The molecule has 1 fully saturated rings. The Labute approximate surface area is 247 Å². The van der Waals surface area contributed by atoms with Crippen LogP contribution < -0.4 is 5.32 Å². The minimum Gasteiger partial charge on any atom is -0.352 e. The molecule has 0 bridgehead atoms. The summed E-state index contributed by atoms with van der Waals surface area (Å²) in [6, 6.07) is 15.7. The second-order valence-electron chi connectivity index (χ2n) is 10.3. The fourth-order valence-electron chi connectivity index (χ4n) is 4.81. The molecule has 1 aliphatic rings. The van der Waals surface area contributed by atoms with Crippen LogP contribution in [0.3, 0.4) is 0 Å². The van der Waals surface area contributed by atoms with Crippen molar-refractivity contribution < 1.29 is 18.0 Å². The molecule has 1 saturated heterocycles. The number of hydrogen-bond donors (Lipinski definition) is 2. The van der Waals surface area contributed by atoms with Crippen LogP contribution in [0.25, 0.3) is 23.1 Å². The molecule has 1 amide bonds. The van der Waals surface area contributed by atoms with Gasteiger partial charge in [-0.1, -0.05) is 12.1 Å². The number of halogens is 3. The highest BCUT2D eigenvalue weighted by molar-refractivity contribution is 7.99. The Hall–Kier alpha value is -3.67. The lowest BCUT2D eigenvalue weighted by Crippen LogP contribution is -2.44. The predicted octanol–water partition coefficient (Wildman–Crippen LogP) is 5.81. The molecule has 0 spiro atoms. The molecule has 11 heteroatoms. The maximum atomic E-state index is 13.9. The number of fused-ring (bicyclic) bond motifs is 1. The first-order chi connectivity index (χ1) is 20.3. The van der Waals surface area contributed by atoms with Crippen molar-refractivity contribution in [3.8, 4) is 0 Å². The van der Waals surface area contributed by atoms with Gasteiger partial charge in [0, 0.05) is 61.3 Å². The molecule has 220 valence electrons. The first kappa shape index (κ1) is 29.8. The molecule has 2 N–H and O–H groups in total. The van der Waals surface area contributed by atoms with E-state index in [1.54, 1.807) is 18.0 Å². The van der Waals surface area contributed by atoms with Crippen LogP contribution in [0, 0.1) is 0 Å². The number of hydrogen-bond acceptors (Lipinski definition) is 6. The van der Waals surface area contributed by atoms with E-state index in [1.807, 2.05) is 60.5 Å². The van der Waals surface area contributed by atoms with E-state index in [9.17, 15) is 18.0 Å². The number of amides is 1. The molecular formula is C31H33F3N6OS. The Morgan fingerprint density at radius 1 is 1.07 bits per heavy atom. The van der Waals surface area contributed by atoms with Crippen LogP contribution in [0.15, 0.2) is 65.7 Å². The van der Waals surface area contributed by atoms with Gasteiger partial charge in [-0.15, -0.1) is 11.8 Å². The second-order valence-corrected chi connectivity index (χ2v) is 11.5. The standard InChI is InChI=1S/C31H33F3N6OS/c1-39-14-16-40(17-15-39)21-23-7-6-22(19-27(23)31(32,33)34)30(41)36-13-4-18-42-25-9-10-26-28(37-38-29(26)20-25)11-8-24-5-2-3-12-35-24/h2-3,5-12,19-20H,4,13-18,21H2,1H3,(H,36,41)(H,37,38). The first-order valence-corrected chi connectivity index (χ1v) is 14.8. The molecular weight excluding hydrogens is 561 g/mol. The van der Waals surface area contributed by atoms with Crippen molar-refractivity contribution in [2.75, 3.05) is 45.5 Å². The van der Waals surface area contributed by atoms with Crippen LogP contribution >= 0.6 is 11.8 Å². The molecule has 1 aliphatic heterocycles. The number of aromatic amines is 1. The number of nitrogens with zero attached hydrogens (tertiary/aromatic N) is 4. The Morgan fingerprint density at radius 3 is 2.67 bits per heavy atom. The molecule has 0 radical (unpaired) electrons. The number of aromatic nitrogens is 3. The average molecular weight is 595 g/mol. The molecule has 2 aromatic carbocycles. The first-order valence-electron chi connectivity index (χ1n) is 13.9. The Bertz CT molecular complexity index is 1530. The highest BCUT2D eigenvalue weighted by Gasteiger charge is 2.34. The van der Waals surface area contributed by atoms with E-state index in [4.69, 9.17) is 0 Å². The quantitative estimate of drug-likeness (QED) is 0.178. The van der Waals surface area contributed by atoms with Gasteiger partial charge in [-0.05, 0) is 79.4 Å². The number of rotatable bonds is 10. The lowest BCUT2D eigenvalue weighted by atomic mass is 10.0. The molecule has 5 rings (SSSR count). The van der Waals surface area contributed by atoms with Crippen LogP contribution in [0.4, 0.5) is 13.2 Å². The highest BCUT2D eigenvalue weighted by atomic mass is 32.2. The predicted molar refractivity (Wildman–Crippen MR) is 161 cm³/mol. The molecule has 3 heterocycles. The summed E-state index contributed by atoms with van der Waals surface area (Å²) < 4.78 is 41.6. The summed E-state index contributed by atoms with van der Waals surface area (Å²) in [7, 11) is 2.00.